The van der Waals surface area contributed by atoms with Gasteiger partial charge < -0.3 is 5.73 Å². The largest absolute Gasteiger partial charge is 0.326 e. The zero-order valence-corrected chi connectivity index (χ0v) is 11.0. The highest BCUT2D eigenvalue weighted by Crippen LogP contribution is 2.32. The van der Waals surface area contributed by atoms with Gasteiger partial charge in [-0.1, -0.05) is 29.3 Å². The third kappa shape index (κ3) is 2.23. The number of benzene rings is 1. The number of rotatable bonds is 2. The Kier molecular flexibility index (Phi) is 3.50. The van der Waals surface area contributed by atoms with Crippen LogP contribution in [0.2, 0.25) is 10.0 Å². The van der Waals surface area contributed by atoms with Crippen molar-refractivity contribution in [2.75, 3.05) is 0 Å². The van der Waals surface area contributed by atoms with E-state index in [1.165, 1.54) is 0 Å². The molecule has 0 amide bonds. The standard InChI is InChI=1S/C11H10Cl2N2S/c1-6-10(5-14)16-11(15-6)7-2-3-8(12)9(13)4-7/h2-4H,5,14H2,1H3. The molecule has 84 valence electrons. The Bertz CT molecular complexity index is 523. The minimum atomic E-state index is 0.519. The number of halogens is 2. The van der Waals surface area contributed by atoms with Gasteiger partial charge in [-0.25, -0.2) is 4.98 Å². The molecule has 0 fully saturated rings. The molecule has 1 heterocycles. The van der Waals surface area contributed by atoms with Crippen LogP contribution in [0.4, 0.5) is 0 Å². The van der Waals surface area contributed by atoms with Crippen LogP contribution in [0, 0.1) is 6.92 Å². The van der Waals surface area contributed by atoms with Crippen molar-refractivity contribution in [3.05, 3.63) is 38.8 Å². The number of nitrogens with zero attached hydrogens (tertiary/aromatic N) is 1. The van der Waals surface area contributed by atoms with E-state index in [4.69, 9.17) is 28.9 Å². The smallest absolute Gasteiger partial charge is 0.123 e. The van der Waals surface area contributed by atoms with Crippen LogP contribution in [0.5, 0.6) is 0 Å². The molecule has 0 bridgehead atoms. The van der Waals surface area contributed by atoms with Gasteiger partial charge in [0.05, 0.1) is 15.7 Å². The highest BCUT2D eigenvalue weighted by molar-refractivity contribution is 7.15. The Hall–Kier alpha value is -0.610. The van der Waals surface area contributed by atoms with Crippen molar-refractivity contribution in [2.45, 2.75) is 13.5 Å². The first kappa shape index (κ1) is 11.9. The third-order valence-electron chi connectivity index (χ3n) is 2.24. The average molecular weight is 273 g/mol. The Labute approximate surface area is 108 Å². The van der Waals surface area contributed by atoms with Crippen molar-refractivity contribution in [2.24, 2.45) is 5.73 Å². The minimum Gasteiger partial charge on any atom is -0.326 e. The summed E-state index contributed by atoms with van der Waals surface area (Å²) in [6.07, 6.45) is 0. The predicted octanol–water partition coefficient (Wildman–Crippen LogP) is 3.88. The van der Waals surface area contributed by atoms with Gasteiger partial charge in [0.15, 0.2) is 0 Å². The van der Waals surface area contributed by atoms with Crippen molar-refractivity contribution in [3.63, 3.8) is 0 Å². The van der Waals surface area contributed by atoms with Crippen LogP contribution in [0.15, 0.2) is 18.2 Å². The molecule has 1 aromatic heterocycles. The van der Waals surface area contributed by atoms with E-state index in [2.05, 4.69) is 4.98 Å². The van der Waals surface area contributed by atoms with Crippen molar-refractivity contribution in [3.8, 4) is 10.6 Å². The average Bonchev–Trinajstić information content (AvgIpc) is 2.64. The van der Waals surface area contributed by atoms with E-state index in [-0.39, 0.29) is 0 Å². The van der Waals surface area contributed by atoms with Crippen molar-refractivity contribution < 1.29 is 0 Å². The molecule has 0 spiro atoms. The Morgan fingerprint density at radius 2 is 2.06 bits per heavy atom. The molecule has 2 aromatic rings. The zero-order valence-electron chi connectivity index (χ0n) is 8.63. The Morgan fingerprint density at radius 3 is 2.62 bits per heavy atom. The molecule has 1 aromatic carbocycles. The Morgan fingerprint density at radius 1 is 1.31 bits per heavy atom. The molecule has 0 aliphatic rings. The summed E-state index contributed by atoms with van der Waals surface area (Å²) < 4.78 is 0. The monoisotopic (exact) mass is 272 g/mol. The van der Waals surface area contributed by atoms with E-state index in [0.717, 1.165) is 21.1 Å². The highest BCUT2D eigenvalue weighted by atomic mass is 35.5. The summed E-state index contributed by atoms with van der Waals surface area (Å²) in [5.41, 5.74) is 7.57. The topological polar surface area (TPSA) is 38.9 Å². The molecular weight excluding hydrogens is 263 g/mol. The third-order valence-corrected chi connectivity index (χ3v) is 4.21. The van der Waals surface area contributed by atoms with E-state index < -0.39 is 0 Å². The summed E-state index contributed by atoms with van der Waals surface area (Å²) in [5.74, 6) is 0. The molecule has 2 rings (SSSR count). The van der Waals surface area contributed by atoms with Gasteiger partial charge in [-0.15, -0.1) is 11.3 Å². The number of nitrogens with two attached hydrogens (primary N) is 1. The maximum Gasteiger partial charge on any atom is 0.123 e. The van der Waals surface area contributed by atoms with E-state index in [9.17, 15) is 0 Å². The highest BCUT2D eigenvalue weighted by Gasteiger charge is 2.09. The van der Waals surface area contributed by atoms with Crippen LogP contribution in [-0.4, -0.2) is 4.98 Å². The molecular formula is C11H10Cl2N2S. The summed E-state index contributed by atoms with van der Waals surface area (Å²) in [4.78, 5) is 5.56. The quantitative estimate of drug-likeness (QED) is 0.901. The second-order valence-corrected chi connectivity index (χ2v) is 5.26. The van der Waals surface area contributed by atoms with Crippen molar-refractivity contribution >= 4 is 34.5 Å². The van der Waals surface area contributed by atoms with Crippen LogP contribution in [0.25, 0.3) is 10.6 Å². The number of thiazole rings is 1. The summed E-state index contributed by atoms with van der Waals surface area (Å²) in [7, 11) is 0. The van der Waals surface area contributed by atoms with Crippen LogP contribution >= 0.6 is 34.5 Å². The summed E-state index contributed by atoms with van der Waals surface area (Å²) in [5, 5.41) is 2.02. The molecule has 2 N–H and O–H groups in total. The van der Waals surface area contributed by atoms with Gasteiger partial charge in [0, 0.05) is 17.0 Å². The first-order chi connectivity index (χ1) is 7.61. The molecule has 0 radical (unpaired) electrons. The van der Waals surface area contributed by atoms with Gasteiger partial charge in [0.25, 0.3) is 0 Å². The lowest BCUT2D eigenvalue weighted by atomic mass is 10.2. The van der Waals surface area contributed by atoms with E-state index in [1.54, 1.807) is 17.4 Å². The van der Waals surface area contributed by atoms with E-state index in [0.29, 0.717) is 16.6 Å². The van der Waals surface area contributed by atoms with Crippen molar-refractivity contribution in [1.29, 1.82) is 0 Å². The molecule has 5 heteroatoms. The molecule has 0 aliphatic heterocycles. The first-order valence-corrected chi connectivity index (χ1v) is 6.31. The summed E-state index contributed by atoms with van der Waals surface area (Å²) in [6, 6.07) is 5.51. The fourth-order valence-electron chi connectivity index (χ4n) is 1.37. The number of hydrogen-bond acceptors (Lipinski definition) is 3. The van der Waals surface area contributed by atoms with Crippen molar-refractivity contribution in [1.82, 2.24) is 4.98 Å². The summed E-state index contributed by atoms with van der Waals surface area (Å²) in [6.45, 7) is 2.48. The number of aromatic nitrogens is 1. The molecule has 0 atom stereocenters. The van der Waals surface area contributed by atoms with Crippen LogP contribution < -0.4 is 5.73 Å². The number of aryl methyl sites for hydroxylation is 1. The molecule has 0 unspecified atom stereocenters. The fraction of sp³-hybridized carbons (Fsp3) is 0.182. The molecule has 0 aliphatic carbocycles. The second kappa shape index (κ2) is 4.72. The van der Waals surface area contributed by atoms with Crippen LogP contribution in [0.1, 0.15) is 10.6 Å². The Balaban J connectivity index is 2.46. The zero-order chi connectivity index (χ0) is 11.7. The minimum absolute atomic E-state index is 0.519. The summed E-state index contributed by atoms with van der Waals surface area (Å²) >= 11 is 13.4. The van der Waals surface area contributed by atoms with Crippen LogP contribution in [-0.2, 0) is 6.54 Å². The lowest BCUT2D eigenvalue weighted by molar-refractivity contribution is 1.06. The van der Waals surface area contributed by atoms with Crippen LogP contribution in [0.3, 0.4) is 0 Å². The second-order valence-electron chi connectivity index (χ2n) is 3.36. The first-order valence-electron chi connectivity index (χ1n) is 4.73. The predicted molar refractivity (Wildman–Crippen MR) is 70.2 cm³/mol. The van der Waals surface area contributed by atoms with Gasteiger partial charge >= 0.3 is 0 Å². The molecule has 2 nitrogen and oxygen atoms in total. The van der Waals surface area contributed by atoms with Gasteiger partial charge in [0.2, 0.25) is 0 Å². The maximum absolute atomic E-state index is 5.96. The van der Waals surface area contributed by atoms with E-state index in [1.807, 2.05) is 19.1 Å². The van der Waals surface area contributed by atoms with Gasteiger partial charge in [-0.05, 0) is 19.1 Å². The lowest BCUT2D eigenvalue weighted by Crippen LogP contribution is -1.94. The normalized spacial score (nSPS) is 10.8. The maximum atomic E-state index is 5.96. The van der Waals surface area contributed by atoms with Gasteiger partial charge in [0.1, 0.15) is 5.01 Å². The molecule has 0 saturated carbocycles. The van der Waals surface area contributed by atoms with E-state index >= 15 is 0 Å². The van der Waals surface area contributed by atoms with Gasteiger partial charge in [-0.2, -0.15) is 0 Å². The molecule has 16 heavy (non-hydrogen) atoms. The fourth-order valence-corrected chi connectivity index (χ4v) is 2.61. The number of hydrogen-bond donors (Lipinski definition) is 1. The SMILES string of the molecule is Cc1nc(-c2ccc(Cl)c(Cl)c2)sc1CN. The van der Waals surface area contributed by atoms with Gasteiger partial charge in [-0.3, -0.25) is 0 Å². The molecule has 0 saturated heterocycles. The lowest BCUT2D eigenvalue weighted by Gasteiger charge is -1.98.